The standard InChI is InChI=1S/C34H40FN5O3/c1-26(43-3)28-9-6-8-27(22-28)23-39-25-40(30-14-12-29(35)13-15-30)34(33(39)42)16-20-38(21-17-34)19-7-18-37(2)32-11-5-4-10-31(32)36-24-41/h4-6,8-15,22,24H,1,7,16-21,23,25H2,2-3H3,(H,36,41). The lowest BCUT2D eigenvalue weighted by Gasteiger charge is -2.43. The number of piperidine rings is 1. The number of benzene rings is 3. The van der Waals surface area contributed by atoms with Crippen LogP contribution in [-0.2, 0) is 20.9 Å². The van der Waals surface area contributed by atoms with Crippen molar-refractivity contribution in [3.8, 4) is 0 Å². The summed E-state index contributed by atoms with van der Waals surface area (Å²) in [4.78, 5) is 33.8. The second kappa shape index (κ2) is 13.3. The van der Waals surface area contributed by atoms with Crippen LogP contribution in [0.2, 0.25) is 0 Å². The second-order valence-electron chi connectivity index (χ2n) is 11.3. The summed E-state index contributed by atoms with van der Waals surface area (Å²) in [5, 5.41) is 2.77. The van der Waals surface area contributed by atoms with Crippen molar-refractivity contribution >= 4 is 35.1 Å². The molecule has 2 saturated heterocycles. The van der Waals surface area contributed by atoms with Crippen LogP contribution in [-0.4, -0.2) is 74.7 Å². The predicted octanol–water partition coefficient (Wildman–Crippen LogP) is 5.18. The molecule has 2 fully saturated rings. The van der Waals surface area contributed by atoms with Gasteiger partial charge in [0.25, 0.3) is 0 Å². The Morgan fingerprint density at radius 3 is 2.56 bits per heavy atom. The third kappa shape index (κ3) is 6.51. The number of carbonyl (C=O) groups is 2. The van der Waals surface area contributed by atoms with Crippen LogP contribution >= 0.6 is 0 Å². The zero-order chi connectivity index (χ0) is 30.4. The highest BCUT2D eigenvalue weighted by Crippen LogP contribution is 2.40. The van der Waals surface area contributed by atoms with Crippen molar-refractivity contribution in [1.29, 1.82) is 0 Å². The first kappa shape index (κ1) is 30.1. The molecule has 0 saturated carbocycles. The van der Waals surface area contributed by atoms with Gasteiger partial charge in [0, 0.05) is 44.5 Å². The average molecular weight is 586 g/mol. The quantitative estimate of drug-likeness (QED) is 0.234. The Hall–Kier alpha value is -4.37. The minimum Gasteiger partial charge on any atom is -0.497 e. The number of rotatable bonds is 12. The van der Waals surface area contributed by atoms with Crippen molar-refractivity contribution in [1.82, 2.24) is 9.80 Å². The number of nitrogens with one attached hydrogen (secondary N) is 1. The van der Waals surface area contributed by atoms with Crippen molar-refractivity contribution in [2.24, 2.45) is 0 Å². The summed E-state index contributed by atoms with van der Waals surface area (Å²) in [6.07, 6.45) is 3.04. The molecule has 1 spiro atoms. The Kier molecular flexibility index (Phi) is 9.31. The highest BCUT2D eigenvalue weighted by Gasteiger charge is 2.53. The van der Waals surface area contributed by atoms with E-state index < -0.39 is 5.54 Å². The van der Waals surface area contributed by atoms with Crippen molar-refractivity contribution in [2.45, 2.75) is 31.3 Å². The Morgan fingerprint density at radius 2 is 1.84 bits per heavy atom. The fourth-order valence-electron chi connectivity index (χ4n) is 6.31. The van der Waals surface area contributed by atoms with E-state index in [-0.39, 0.29) is 11.7 Å². The minimum atomic E-state index is -0.668. The summed E-state index contributed by atoms with van der Waals surface area (Å²) >= 11 is 0. The SMILES string of the molecule is C=C(OC)c1cccc(CN2CN(c3ccc(F)cc3)C3(CCN(CCCN(C)c4ccccc4NC=O)CC3)C2=O)c1. The van der Waals surface area contributed by atoms with E-state index in [0.29, 0.717) is 38.2 Å². The molecular formula is C34H40FN5O3. The van der Waals surface area contributed by atoms with Crippen molar-refractivity contribution in [2.75, 3.05) is 62.1 Å². The maximum absolute atomic E-state index is 14.2. The number of carbonyl (C=O) groups excluding carboxylic acids is 2. The fraction of sp³-hybridized carbons (Fsp3) is 0.353. The number of para-hydroxylation sites is 2. The minimum absolute atomic E-state index is 0.117. The van der Waals surface area contributed by atoms with Crippen molar-refractivity contribution in [3.63, 3.8) is 0 Å². The van der Waals surface area contributed by atoms with E-state index in [1.165, 1.54) is 12.1 Å². The number of halogens is 1. The Morgan fingerprint density at radius 1 is 1.09 bits per heavy atom. The van der Waals surface area contributed by atoms with Gasteiger partial charge in [0.2, 0.25) is 12.3 Å². The van der Waals surface area contributed by atoms with Gasteiger partial charge >= 0.3 is 0 Å². The fourth-order valence-corrected chi connectivity index (χ4v) is 6.31. The van der Waals surface area contributed by atoms with Gasteiger partial charge < -0.3 is 29.7 Å². The summed E-state index contributed by atoms with van der Waals surface area (Å²) in [5.41, 5.74) is 3.86. The molecule has 8 nitrogen and oxygen atoms in total. The molecule has 2 aliphatic rings. The smallest absolute Gasteiger partial charge is 0.250 e. The molecule has 0 aromatic heterocycles. The molecule has 2 aliphatic heterocycles. The van der Waals surface area contributed by atoms with Gasteiger partial charge in [0.1, 0.15) is 17.1 Å². The lowest BCUT2D eigenvalue weighted by atomic mass is 9.85. The Bertz CT molecular complexity index is 1440. The highest BCUT2D eigenvalue weighted by molar-refractivity contribution is 5.93. The molecule has 2 heterocycles. The molecule has 3 aromatic carbocycles. The number of methoxy groups -OCH3 is 1. The summed E-state index contributed by atoms with van der Waals surface area (Å²) in [6.45, 7) is 8.22. The third-order valence-electron chi connectivity index (χ3n) is 8.70. The first-order valence-electron chi connectivity index (χ1n) is 14.7. The topological polar surface area (TPSA) is 68.4 Å². The molecular weight excluding hydrogens is 545 g/mol. The number of hydrogen-bond acceptors (Lipinski definition) is 6. The zero-order valence-corrected chi connectivity index (χ0v) is 25.0. The van der Waals surface area contributed by atoms with Crippen LogP contribution in [0.1, 0.15) is 30.4 Å². The van der Waals surface area contributed by atoms with E-state index in [1.807, 2.05) is 60.5 Å². The average Bonchev–Trinajstić information content (AvgIpc) is 3.28. The van der Waals surface area contributed by atoms with E-state index >= 15 is 0 Å². The van der Waals surface area contributed by atoms with E-state index in [2.05, 4.69) is 26.6 Å². The largest absolute Gasteiger partial charge is 0.497 e. The van der Waals surface area contributed by atoms with Gasteiger partial charge in [0.15, 0.2) is 0 Å². The normalized spacial score (nSPS) is 16.4. The maximum atomic E-state index is 14.2. The molecule has 9 heteroatoms. The molecule has 0 aliphatic carbocycles. The van der Waals surface area contributed by atoms with Crippen LogP contribution in [0.4, 0.5) is 21.5 Å². The van der Waals surface area contributed by atoms with Gasteiger partial charge in [-0.1, -0.05) is 36.9 Å². The first-order valence-corrected chi connectivity index (χ1v) is 14.7. The highest BCUT2D eigenvalue weighted by atomic mass is 19.1. The van der Waals surface area contributed by atoms with Crippen molar-refractivity contribution < 1.29 is 18.7 Å². The van der Waals surface area contributed by atoms with Gasteiger partial charge in [0.05, 0.1) is 25.2 Å². The Labute approximate surface area is 253 Å². The van der Waals surface area contributed by atoms with Crippen LogP contribution < -0.4 is 15.1 Å². The monoisotopic (exact) mass is 585 g/mol. The molecule has 2 amide bonds. The van der Waals surface area contributed by atoms with Gasteiger partial charge in [-0.3, -0.25) is 9.59 Å². The molecule has 0 unspecified atom stereocenters. The molecule has 226 valence electrons. The number of anilines is 3. The van der Waals surface area contributed by atoms with Crippen molar-refractivity contribution in [3.05, 3.63) is 96.3 Å². The molecule has 1 N–H and O–H groups in total. The van der Waals surface area contributed by atoms with E-state index in [9.17, 15) is 14.0 Å². The van der Waals surface area contributed by atoms with E-state index in [1.54, 1.807) is 19.2 Å². The molecule has 3 aromatic rings. The summed E-state index contributed by atoms with van der Waals surface area (Å²) in [6, 6.07) is 22.2. The summed E-state index contributed by atoms with van der Waals surface area (Å²) < 4.78 is 19.1. The van der Waals surface area contributed by atoms with Gasteiger partial charge in [-0.2, -0.15) is 0 Å². The number of nitrogens with zero attached hydrogens (tertiary/aromatic N) is 4. The molecule has 43 heavy (non-hydrogen) atoms. The summed E-state index contributed by atoms with van der Waals surface area (Å²) in [7, 11) is 3.63. The van der Waals surface area contributed by atoms with Gasteiger partial charge in [-0.05, 0) is 73.8 Å². The Balaban J connectivity index is 1.26. The van der Waals surface area contributed by atoms with Gasteiger partial charge in [-0.15, -0.1) is 0 Å². The number of ether oxygens (including phenoxy) is 1. The first-order chi connectivity index (χ1) is 20.8. The molecule has 0 radical (unpaired) electrons. The lowest BCUT2D eigenvalue weighted by molar-refractivity contribution is -0.134. The van der Waals surface area contributed by atoms with Gasteiger partial charge in [-0.25, -0.2) is 4.39 Å². The number of likely N-dealkylation sites (tertiary alicyclic amines) is 1. The predicted molar refractivity (Wildman–Crippen MR) is 169 cm³/mol. The summed E-state index contributed by atoms with van der Waals surface area (Å²) in [5.74, 6) is 0.408. The molecule has 0 bridgehead atoms. The van der Waals surface area contributed by atoms with Crippen LogP contribution in [0.5, 0.6) is 0 Å². The molecule has 5 rings (SSSR count). The second-order valence-corrected chi connectivity index (χ2v) is 11.3. The third-order valence-corrected chi connectivity index (χ3v) is 8.70. The van der Waals surface area contributed by atoms with Crippen LogP contribution in [0.15, 0.2) is 79.4 Å². The number of amides is 2. The van der Waals surface area contributed by atoms with Crippen LogP contribution in [0.3, 0.4) is 0 Å². The van der Waals surface area contributed by atoms with E-state index in [0.717, 1.165) is 60.8 Å². The van der Waals surface area contributed by atoms with Crippen LogP contribution in [0, 0.1) is 5.82 Å². The maximum Gasteiger partial charge on any atom is 0.250 e. The lowest BCUT2D eigenvalue weighted by Crippen LogP contribution is -2.56. The van der Waals surface area contributed by atoms with Crippen LogP contribution in [0.25, 0.3) is 5.76 Å². The zero-order valence-electron chi connectivity index (χ0n) is 25.0. The van der Waals surface area contributed by atoms with E-state index in [4.69, 9.17) is 4.74 Å². The number of hydrogen-bond donors (Lipinski definition) is 1. The molecule has 0 atom stereocenters.